The number of amides is 1. The molecule has 0 atom stereocenters. The highest BCUT2D eigenvalue weighted by Crippen LogP contribution is 2.29. The van der Waals surface area contributed by atoms with Crippen molar-refractivity contribution in [3.63, 3.8) is 0 Å². The molecule has 0 spiro atoms. The molecule has 1 amide bonds. The van der Waals surface area contributed by atoms with E-state index in [1.165, 1.54) is 12.1 Å². The molecule has 3 aromatic carbocycles. The minimum absolute atomic E-state index is 0.143. The first-order valence-corrected chi connectivity index (χ1v) is 7.58. The standard InChI is InChI=1S/C19H16N2O4/c1-25-18-9-7-12-4-2-3-5-14(12)15(18)11-20-21-19(24)13-6-8-16(22)17(23)10-13/h2-10,22-23H,11H2,1H3. The first-order valence-electron chi connectivity index (χ1n) is 7.58. The molecule has 6 heteroatoms. The van der Waals surface area contributed by atoms with Gasteiger partial charge in [0.05, 0.1) is 13.7 Å². The number of nitrogens with zero attached hydrogens (tertiary/aromatic N) is 2. The Bertz CT molecular complexity index is 967. The van der Waals surface area contributed by atoms with Crippen molar-refractivity contribution >= 4 is 16.7 Å². The second kappa shape index (κ2) is 7.00. The average molecular weight is 336 g/mol. The molecule has 3 aromatic rings. The highest BCUT2D eigenvalue weighted by molar-refractivity contribution is 5.95. The summed E-state index contributed by atoms with van der Waals surface area (Å²) in [6.45, 7) is 0.181. The normalized spacial score (nSPS) is 11.1. The Kier molecular flexibility index (Phi) is 4.61. The van der Waals surface area contributed by atoms with Crippen LogP contribution in [-0.4, -0.2) is 23.2 Å². The number of phenolic OH excluding ortho intramolecular Hbond substituents is 2. The Morgan fingerprint density at radius 3 is 2.60 bits per heavy atom. The van der Waals surface area contributed by atoms with Gasteiger partial charge in [-0.1, -0.05) is 30.3 Å². The second-order valence-corrected chi connectivity index (χ2v) is 5.38. The minimum atomic E-state index is -0.602. The van der Waals surface area contributed by atoms with Crippen molar-refractivity contribution in [2.24, 2.45) is 10.2 Å². The summed E-state index contributed by atoms with van der Waals surface area (Å²) in [6, 6.07) is 15.4. The van der Waals surface area contributed by atoms with E-state index in [9.17, 15) is 15.0 Å². The molecule has 0 aromatic heterocycles. The number of benzene rings is 3. The van der Waals surface area contributed by atoms with Crippen molar-refractivity contribution < 1.29 is 19.7 Å². The number of methoxy groups -OCH3 is 1. The first-order chi connectivity index (χ1) is 12.1. The zero-order valence-electron chi connectivity index (χ0n) is 13.5. The summed E-state index contributed by atoms with van der Waals surface area (Å²) < 4.78 is 5.38. The van der Waals surface area contributed by atoms with Crippen LogP contribution in [-0.2, 0) is 6.54 Å². The van der Waals surface area contributed by atoms with E-state index >= 15 is 0 Å². The highest BCUT2D eigenvalue weighted by Gasteiger charge is 2.10. The summed E-state index contributed by atoms with van der Waals surface area (Å²) in [6.07, 6.45) is 0. The van der Waals surface area contributed by atoms with Crippen LogP contribution in [0.1, 0.15) is 15.9 Å². The summed E-state index contributed by atoms with van der Waals surface area (Å²) >= 11 is 0. The number of fused-ring (bicyclic) bond motifs is 1. The lowest BCUT2D eigenvalue weighted by Gasteiger charge is -2.09. The van der Waals surface area contributed by atoms with Gasteiger partial charge >= 0.3 is 0 Å². The van der Waals surface area contributed by atoms with Crippen molar-refractivity contribution in [2.75, 3.05) is 7.11 Å². The van der Waals surface area contributed by atoms with Gasteiger partial charge in [-0.25, -0.2) is 0 Å². The fraction of sp³-hybridized carbons (Fsp3) is 0.105. The molecular weight excluding hydrogens is 320 g/mol. The molecule has 0 saturated heterocycles. The molecule has 0 bridgehead atoms. The third-order valence-electron chi connectivity index (χ3n) is 3.83. The number of ether oxygens (including phenoxy) is 1. The third-order valence-corrected chi connectivity index (χ3v) is 3.83. The van der Waals surface area contributed by atoms with Crippen LogP contribution in [0, 0.1) is 0 Å². The van der Waals surface area contributed by atoms with Crippen LogP contribution < -0.4 is 4.74 Å². The van der Waals surface area contributed by atoms with Crippen molar-refractivity contribution in [2.45, 2.75) is 6.54 Å². The summed E-state index contributed by atoms with van der Waals surface area (Å²) in [5.74, 6) is -0.604. The molecule has 0 fully saturated rings. The minimum Gasteiger partial charge on any atom is -0.504 e. The van der Waals surface area contributed by atoms with Gasteiger partial charge < -0.3 is 14.9 Å². The molecule has 0 unspecified atom stereocenters. The van der Waals surface area contributed by atoms with Crippen LogP contribution >= 0.6 is 0 Å². The number of aromatic hydroxyl groups is 2. The molecule has 3 rings (SSSR count). The SMILES string of the molecule is COc1ccc2ccccc2c1CN=NC(=O)c1ccc(O)c(O)c1. The fourth-order valence-corrected chi connectivity index (χ4v) is 2.55. The number of hydrogen-bond donors (Lipinski definition) is 2. The van der Waals surface area contributed by atoms with Gasteiger partial charge in [-0.2, -0.15) is 5.11 Å². The van der Waals surface area contributed by atoms with E-state index in [1.807, 2.05) is 36.4 Å². The van der Waals surface area contributed by atoms with E-state index < -0.39 is 5.91 Å². The van der Waals surface area contributed by atoms with Crippen LogP contribution in [0.2, 0.25) is 0 Å². The van der Waals surface area contributed by atoms with E-state index in [4.69, 9.17) is 4.74 Å². The molecule has 0 heterocycles. The molecule has 0 aliphatic rings. The first kappa shape index (κ1) is 16.4. The molecule has 0 aliphatic carbocycles. The van der Waals surface area contributed by atoms with Crippen molar-refractivity contribution in [1.82, 2.24) is 0 Å². The van der Waals surface area contributed by atoms with Gasteiger partial charge in [0.25, 0.3) is 5.91 Å². The highest BCUT2D eigenvalue weighted by atomic mass is 16.5. The van der Waals surface area contributed by atoms with Crippen molar-refractivity contribution in [3.05, 3.63) is 65.7 Å². The van der Waals surface area contributed by atoms with Gasteiger partial charge in [-0.3, -0.25) is 4.79 Å². The summed E-state index contributed by atoms with van der Waals surface area (Å²) in [7, 11) is 1.58. The quantitative estimate of drug-likeness (QED) is 0.555. The van der Waals surface area contributed by atoms with Crippen molar-refractivity contribution in [3.8, 4) is 17.2 Å². The van der Waals surface area contributed by atoms with Gasteiger partial charge in [0.2, 0.25) is 0 Å². The maximum atomic E-state index is 12.0. The van der Waals surface area contributed by atoms with Crippen LogP contribution in [0.25, 0.3) is 10.8 Å². The Labute approximate surface area is 144 Å². The lowest BCUT2D eigenvalue weighted by Crippen LogP contribution is -1.95. The number of azo groups is 1. The van der Waals surface area contributed by atoms with Gasteiger partial charge in [0.1, 0.15) is 5.75 Å². The summed E-state index contributed by atoms with van der Waals surface area (Å²) in [5, 5.41) is 28.4. The van der Waals surface area contributed by atoms with Gasteiger partial charge in [0, 0.05) is 11.1 Å². The number of phenols is 2. The monoisotopic (exact) mass is 336 g/mol. The molecule has 126 valence electrons. The van der Waals surface area contributed by atoms with Gasteiger partial charge in [-0.15, -0.1) is 5.11 Å². The predicted octanol–water partition coefficient (Wildman–Crippen LogP) is 4.05. The number of carbonyl (C=O) groups is 1. The predicted molar refractivity (Wildman–Crippen MR) is 93.2 cm³/mol. The Morgan fingerprint density at radius 2 is 1.84 bits per heavy atom. The molecule has 25 heavy (non-hydrogen) atoms. The number of hydrogen-bond acceptors (Lipinski definition) is 5. The van der Waals surface area contributed by atoms with E-state index in [0.29, 0.717) is 5.75 Å². The summed E-state index contributed by atoms with van der Waals surface area (Å²) in [4.78, 5) is 12.0. The number of carbonyl (C=O) groups excluding carboxylic acids is 1. The molecule has 6 nitrogen and oxygen atoms in total. The fourth-order valence-electron chi connectivity index (χ4n) is 2.55. The zero-order valence-corrected chi connectivity index (χ0v) is 13.5. The molecule has 0 saturated carbocycles. The average Bonchev–Trinajstić information content (AvgIpc) is 2.63. The lowest BCUT2D eigenvalue weighted by atomic mass is 10.0. The van der Waals surface area contributed by atoms with Crippen LogP contribution in [0.15, 0.2) is 64.8 Å². The van der Waals surface area contributed by atoms with Crippen LogP contribution in [0.5, 0.6) is 17.2 Å². The molecule has 2 N–H and O–H groups in total. The van der Waals surface area contributed by atoms with Gasteiger partial charge in [-0.05, 0) is 35.0 Å². The van der Waals surface area contributed by atoms with Gasteiger partial charge in [0.15, 0.2) is 11.5 Å². The Hall–Kier alpha value is -3.41. The lowest BCUT2D eigenvalue weighted by molar-refractivity contribution is 0.0993. The van der Waals surface area contributed by atoms with Crippen LogP contribution in [0.3, 0.4) is 0 Å². The summed E-state index contributed by atoms with van der Waals surface area (Å²) in [5.41, 5.74) is 0.981. The smallest absolute Gasteiger partial charge is 0.295 e. The Morgan fingerprint density at radius 1 is 1.04 bits per heavy atom. The largest absolute Gasteiger partial charge is 0.504 e. The number of rotatable bonds is 4. The van der Waals surface area contributed by atoms with Crippen molar-refractivity contribution in [1.29, 1.82) is 0 Å². The van der Waals surface area contributed by atoms with E-state index in [1.54, 1.807) is 7.11 Å². The van der Waals surface area contributed by atoms with E-state index in [2.05, 4.69) is 10.2 Å². The molecule has 0 aliphatic heterocycles. The second-order valence-electron chi connectivity index (χ2n) is 5.38. The van der Waals surface area contributed by atoms with Crippen LogP contribution in [0.4, 0.5) is 0 Å². The maximum Gasteiger partial charge on any atom is 0.295 e. The Balaban J connectivity index is 1.85. The zero-order chi connectivity index (χ0) is 17.8. The maximum absolute atomic E-state index is 12.0. The topological polar surface area (TPSA) is 91.5 Å². The van der Waals surface area contributed by atoms with E-state index in [0.717, 1.165) is 22.4 Å². The van der Waals surface area contributed by atoms with E-state index in [-0.39, 0.29) is 23.6 Å². The molecular formula is C19H16N2O4. The third kappa shape index (κ3) is 3.42. The molecule has 0 radical (unpaired) electrons.